The molecular formula is C15H22ClNO2. The molecule has 3 unspecified atom stereocenters. The maximum absolute atomic E-state index is 10.2. The van der Waals surface area contributed by atoms with Gasteiger partial charge in [0.2, 0.25) is 0 Å². The van der Waals surface area contributed by atoms with Crippen LogP contribution < -0.4 is 0 Å². The summed E-state index contributed by atoms with van der Waals surface area (Å²) >= 11 is 6.09. The van der Waals surface area contributed by atoms with E-state index in [1.165, 1.54) is 0 Å². The summed E-state index contributed by atoms with van der Waals surface area (Å²) < 4.78 is 5.57. The highest BCUT2D eigenvalue weighted by Gasteiger charge is 2.27. The number of likely N-dealkylation sites (N-methyl/N-ethyl adjacent to an activating group) is 1. The maximum atomic E-state index is 10.2. The number of benzene rings is 1. The van der Waals surface area contributed by atoms with Gasteiger partial charge < -0.3 is 14.7 Å². The normalized spacial score (nSPS) is 24.9. The van der Waals surface area contributed by atoms with Crippen LogP contribution in [0.25, 0.3) is 0 Å². The van der Waals surface area contributed by atoms with Gasteiger partial charge in [0.05, 0.1) is 12.2 Å². The molecule has 0 amide bonds. The summed E-state index contributed by atoms with van der Waals surface area (Å²) in [5.74, 6) is 0. The average molecular weight is 284 g/mol. The van der Waals surface area contributed by atoms with Crippen molar-refractivity contribution in [3.8, 4) is 0 Å². The molecule has 3 atom stereocenters. The Morgan fingerprint density at radius 1 is 1.47 bits per heavy atom. The second-order valence-corrected chi connectivity index (χ2v) is 5.65. The van der Waals surface area contributed by atoms with Gasteiger partial charge in [-0.15, -0.1) is 0 Å². The van der Waals surface area contributed by atoms with Crippen LogP contribution in [0.1, 0.15) is 31.4 Å². The van der Waals surface area contributed by atoms with Crippen LogP contribution >= 0.6 is 11.6 Å². The van der Waals surface area contributed by atoms with E-state index in [0.717, 1.165) is 25.1 Å². The number of rotatable bonds is 5. The number of hydrogen-bond donors (Lipinski definition) is 1. The molecule has 0 aromatic heterocycles. The van der Waals surface area contributed by atoms with Gasteiger partial charge in [-0.2, -0.15) is 0 Å². The van der Waals surface area contributed by atoms with E-state index in [2.05, 4.69) is 18.9 Å². The van der Waals surface area contributed by atoms with Crippen LogP contribution in [-0.4, -0.2) is 42.4 Å². The largest absolute Gasteiger partial charge is 0.388 e. The minimum atomic E-state index is -0.506. The van der Waals surface area contributed by atoms with Gasteiger partial charge in [0.25, 0.3) is 0 Å². The fourth-order valence-corrected chi connectivity index (χ4v) is 2.95. The lowest BCUT2D eigenvalue weighted by Crippen LogP contribution is -2.37. The molecule has 1 aromatic rings. The molecular weight excluding hydrogens is 262 g/mol. The molecule has 1 saturated heterocycles. The molecule has 1 aliphatic heterocycles. The van der Waals surface area contributed by atoms with E-state index in [4.69, 9.17) is 16.3 Å². The summed E-state index contributed by atoms with van der Waals surface area (Å²) in [6.07, 6.45) is 1.53. The predicted molar refractivity (Wildman–Crippen MR) is 77.5 cm³/mol. The molecule has 2 rings (SSSR count). The zero-order valence-corrected chi connectivity index (χ0v) is 12.3. The van der Waals surface area contributed by atoms with Crippen molar-refractivity contribution in [1.29, 1.82) is 0 Å². The molecule has 0 bridgehead atoms. The first kappa shape index (κ1) is 14.8. The van der Waals surface area contributed by atoms with Crippen molar-refractivity contribution in [3.63, 3.8) is 0 Å². The van der Waals surface area contributed by atoms with Gasteiger partial charge in [-0.25, -0.2) is 0 Å². The van der Waals surface area contributed by atoms with Gasteiger partial charge in [0.1, 0.15) is 0 Å². The highest BCUT2D eigenvalue weighted by atomic mass is 35.5. The van der Waals surface area contributed by atoms with Crippen molar-refractivity contribution in [2.45, 2.75) is 38.0 Å². The van der Waals surface area contributed by atoms with E-state index in [9.17, 15) is 5.11 Å². The third kappa shape index (κ3) is 3.69. The summed E-state index contributed by atoms with van der Waals surface area (Å²) in [5, 5.41) is 10.9. The monoisotopic (exact) mass is 283 g/mol. The Labute approximate surface area is 120 Å². The third-order valence-electron chi connectivity index (χ3n) is 3.92. The Balaban J connectivity index is 1.86. The first-order valence-corrected chi connectivity index (χ1v) is 7.21. The summed E-state index contributed by atoms with van der Waals surface area (Å²) in [5.41, 5.74) is 0.813. The number of hydrogen-bond acceptors (Lipinski definition) is 3. The van der Waals surface area contributed by atoms with Crippen molar-refractivity contribution in [2.24, 2.45) is 0 Å². The molecule has 1 fully saturated rings. The first-order valence-electron chi connectivity index (χ1n) is 6.84. The van der Waals surface area contributed by atoms with Crippen molar-refractivity contribution >= 4 is 11.6 Å². The zero-order chi connectivity index (χ0) is 13.8. The smallest absolute Gasteiger partial charge is 0.0816 e. The van der Waals surface area contributed by atoms with Crippen LogP contribution in [0.4, 0.5) is 0 Å². The quantitative estimate of drug-likeness (QED) is 0.902. The molecule has 1 aliphatic rings. The van der Waals surface area contributed by atoms with Gasteiger partial charge >= 0.3 is 0 Å². The summed E-state index contributed by atoms with van der Waals surface area (Å²) in [6.45, 7) is 3.78. The van der Waals surface area contributed by atoms with Crippen LogP contribution in [0.5, 0.6) is 0 Å². The minimum absolute atomic E-state index is 0.280. The molecule has 0 aliphatic carbocycles. The number of aliphatic hydroxyl groups is 1. The molecule has 3 nitrogen and oxygen atoms in total. The van der Waals surface area contributed by atoms with Gasteiger partial charge in [-0.3, -0.25) is 0 Å². The molecule has 0 saturated carbocycles. The lowest BCUT2D eigenvalue weighted by atomic mass is 10.1. The molecule has 1 aromatic carbocycles. The summed E-state index contributed by atoms with van der Waals surface area (Å²) in [7, 11) is 2.09. The van der Waals surface area contributed by atoms with Gasteiger partial charge in [0.15, 0.2) is 0 Å². The van der Waals surface area contributed by atoms with Crippen molar-refractivity contribution in [2.75, 3.05) is 20.2 Å². The SMILES string of the molecule is CC1OCCC1N(C)CCC(O)c1ccccc1Cl. The minimum Gasteiger partial charge on any atom is -0.388 e. The molecule has 19 heavy (non-hydrogen) atoms. The molecule has 1 heterocycles. The molecule has 0 radical (unpaired) electrons. The van der Waals surface area contributed by atoms with Crippen LogP contribution in [-0.2, 0) is 4.74 Å². The lowest BCUT2D eigenvalue weighted by molar-refractivity contribution is 0.0749. The Hall–Kier alpha value is -0.610. The number of aliphatic hydroxyl groups excluding tert-OH is 1. The summed E-state index contributed by atoms with van der Waals surface area (Å²) in [6, 6.07) is 7.94. The highest BCUT2D eigenvalue weighted by molar-refractivity contribution is 6.31. The Morgan fingerprint density at radius 3 is 2.84 bits per heavy atom. The molecule has 106 valence electrons. The van der Waals surface area contributed by atoms with E-state index < -0.39 is 6.10 Å². The van der Waals surface area contributed by atoms with Crippen molar-refractivity contribution < 1.29 is 9.84 Å². The number of ether oxygens (including phenoxy) is 1. The molecule has 0 spiro atoms. The Morgan fingerprint density at radius 2 is 2.21 bits per heavy atom. The van der Waals surface area contributed by atoms with E-state index >= 15 is 0 Å². The van der Waals surface area contributed by atoms with Gasteiger partial charge in [-0.05, 0) is 38.4 Å². The topological polar surface area (TPSA) is 32.7 Å². The highest BCUT2D eigenvalue weighted by Crippen LogP contribution is 2.26. The standard InChI is InChI=1S/C15H22ClNO2/c1-11-14(8-10-19-11)17(2)9-7-15(18)12-5-3-4-6-13(12)16/h3-6,11,14-15,18H,7-10H2,1-2H3. The third-order valence-corrected chi connectivity index (χ3v) is 4.27. The maximum Gasteiger partial charge on any atom is 0.0816 e. The summed E-state index contributed by atoms with van der Waals surface area (Å²) in [4.78, 5) is 2.28. The second-order valence-electron chi connectivity index (χ2n) is 5.24. The predicted octanol–water partition coefficient (Wildman–Crippen LogP) is 2.87. The van der Waals surface area contributed by atoms with Gasteiger partial charge in [-0.1, -0.05) is 29.8 Å². The Bertz CT molecular complexity index is 413. The van der Waals surface area contributed by atoms with Crippen molar-refractivity contribution in [1.82, 2.24) is 4.90 Å². The first-order chi connectivity index (χ1) is 9.09. The number of halogens is 1. The second kappa shape index (κ2) is 6.71. The van der Waals surface area contributed by atoms with Crippen LogP contribution in [0, 0.1) is 0 Å². The lowest BCUT2D eigenvalue weighted by Gasteiger charge is -2.27. The van der Waals surface area contributed by atoms with Crippen LogP contribution in [0.3, 0.4) is 0 Å². The van der Waals surface area contributed by atoms with Crippen molar-refractivity contribution in [3.05, 3.63) is 34.9 Å². The van der Waals surface area contributed by atoms with E-state index in [0.29, 0.717) is 17.5 Å². The number of nitrogens with zero attached hydrogens (tertiary/aromatic N) is 1. The molecule has 4 heteroatoms. The zero-order valence-electron chi connectivity index (χ0n) is 11.6. The fraction of sp³-hybridized carbons (Fsp3) is 0.600. The van der Waals surface area contributed by atoms with Crippen LogP contribution in [0.2, 0.25) is 5.02 Å². The molecule has 1 N–H and O–H groups in total. The van der Waals surface area contributed by atoms with Gasteiger partial charge in [0, 0.05) is 24.2 Å². The average Bonchev–Trinajstić information content (AvgIpc) is 2.82. The van der Waals surface area contributed by atoms with Crippen LogP contribution in [0.15, 0.2) is 24.3 Å². The Kier molecular flexibility index (Phi) is 5.22. The van der Waals surface area contributed by atoms with E-state index in [1.54, 1.807) is 0 Å². The van der Waals surface area contributed by atoms with E-state index in [1.807, 2.05) is 24.3 Å². The fourth-order valence-electron chi connectivity index (χ4n) is 2.69. The van der Waals surface area contributed by atoms with E-state index in [-0.39, 0.29) is 6.10 Å².